The SMILES string of the molecule is O=C(Nc1cnn(CC(F)(F)F)c1)C1CCCO1. The molecule has 1 fully saturated rings. The molecule has 5 nitrogen and oxygen atoms in total. The number of aromatic nitrogens is 2. The van der Waals surface area contributed by atoms with Crippen molar-refractivity contribution in [1.29, 1.82) is 0 Å². The maximum Gasteiger partial charge on any atom is 0.408 e. The summed E-state index contributed by atoms with van der Waals surface area (Å²) in [7, 11) is 0. The quantitative estimate of drug-likeness (QED) is 0.900. The predicted octanol–water partition coefficient (Wildman–Crippen LogP) is 1.56. The van der Waals surface area contributed by atoms with Crippen molar-refractivity contribution in [3.8, 4) is 0 Å². The molecule has 1 aromatic heterocycles. The summed E-state index contributed by atoms with van der Waals surface area (Å²) >= 11 is 0. The second-order valence-corrected chi connectivity index (χ2v) is 4.03. The molecular weight excluding hydrogens is 251 g/mol. The Morgan fingerprint density at radius 2 is 2.39 bits per heavy atom. The summed E-state index contributed by atoms with van der Waals surface area (Å²) in [4.78, 5) is 11.6. The molecule has 1 saturated heterocycles. The van der Waals surface area contributed by atoms with Crippen LogP contribution in [0.4, 0.5) is 18.9 Å². The smallest absolute Gasteiger partial charge is 0.368 e. The molecule has 1 aliphatic heterocycles. The summed E-state index contributed by atoms with van der Waals surface area (Å²) in [5, 5.41) is 6.00. The molecule has 0 saturated carbocycles. The highest BCUT2D eigenvalue weighted by molar-refractivity contribution is 5.94. The molecule has 100 valence electrons. The van der Waals surface area contributed by atoms with E-state index in [0.29, 0.717) is 13.0 Å². The van der Waals surface area contributed by atoms with Gasteiger partial charge in [0.15, 0.2) is 0 Å². The lowest BCUT2D eigenvalue weighted by molar-refractivity contribution is -0.142. The van der Waals surface area contributed by atoms with E-state index in [-0.39, 0.29) is 11.6 Å². The fourth-order valence-corrected chi connectivity index (χ4v) is 1.71. The van der Waals surface area contributed by atoms with Gasteiger partial charge in [-0.05, 0) is 12.8 Å². The molecule has 18 heavy (non-hydrogen) atoms. The zero-order valence-corrected chi connectivity index (χ0v) is 9.41. The minimum Gasteiger partial charge on any atom is -0.368 e. The van der Waals surface area contributed by atoms with Crippen molar-refractivity contribution in [3.05, 3.63) is 12.4 Å². The van der Waals surface area contributed by atoms with Gasteiger partial charge in [-0.2, -0.15) is 18.3 Å². The van der Waals surface area contributed by atoms with E-state index in [0.717, 1.165) is 17.3 Å². The van der Waals surface area contributed by atoms with Crippen LogP contribution in [0.2, 0.25) is 0 Å². The maximum atomic E-state index is 12.1. The number of nitrogens with one attached hydrogen (secondary N) is 1. The Hall–Kier alpha value is -1.57. The first kappa shape index (κ1) is 12.9. The molecule has 0 bridgehead atoms. The normalized spacial score (nSPS) is 20.1. The third kappa shape index (κ3) is 3.46. The molecule has 1 aromatic rings. The Bertz CT molecular complexity index is 424. The van der Waals surface area contributed by atoms with Gasteiger partial charge in [0.05, 0.1) is 11.9 Å². The number of anilines is 1. The van der Waals surface area contributed by atoms with E-state index in [2.05, 4.69) is 10.4 Å². The molecule has 1 atom stereocenters. The fourth-order valence-electron chi connectivity index (χ4n) is 1.71. The molecule has 2 heterocycles. The Labute approximate surface area is 101 Å². The zero-order chi connectivity index (χ0) is 13.2. The van der Waals surface area contributed by atoms with Crippen molar-refractivity contribution >= 4 is 11.6 Å². The number of rotatable bonds is 3. The van der Waals surface area contributed by atoms with Crippen LogP contribution in [0.5, 0.6) is 0 Å². The number of amides is 1. The third-order valence-electron chi connectivity index (χ3n) is 2.46. The summed E-state index contributed by atoms with van der Waals surface area (Å²) in [6.07, 6.45) is -1.09. The molecule has 1 amide bonds. The van der Waals surface area contributed by atoms with Crippen molar-refractivity contribution in [1.82, 2.24) is 9.78 Å². The van der Waals surface area contributed by atoms with Crippen LogP contribution in [-0.2, 0) is 16.1 Å². The van der Waals surface area contributed by atoms with Crippen LogP contribution < -0.4 is 5.32 Å². The number of nitrogens with zero attached hydrogens (tertiary/aromatic N) is 2. The van der Waals surface area contributed by atoms with Gasteiger partial charge in [-0.3, -0.25) is 9.48 Å². The Balaban J connectivity index is 1.92. The van der Waals surface area contributed by atoms with E-state index in [4.69, 9.17) is 4.74 Å². The number of hydrogen-bond donors (Lipinski definition) is 1. The Kier molecular flexibility index (Phi) is 3.55. The van der Waals surface area contributed by atoms with Gasteiger partial charge in [0, 0.05) is 12.8 Å². The minimum absolute atomic E-state index is 0.236. The van der Waals surface area contributed by atoms with Crippen molar-refractivity contribution < 1.29 is 22.7 Å². The van der Waals surface area contributed by atoms with Crippen LogP contribution in [0.3, 0.4) is 0 Å². The second-order valence-electron chi connectivity index (χ2n) is 4.03. The van der Waals surface area contributed by atoms with Gasteiger partial charge < -0.3 is 10.1 Å². The highest BCUT2D eigenvalue weighted by Gasteiger charge is 2.29. The number of halogens is 3. The molecule has 1 aliphatic rings. The molecule has 0 aliphatic carbocycles. The summed E-state index contributed by atoms with van der Waals surface area (Å²) in [6, 6.07) is 0. The van der Waals surface area contributed by atoms with Gasteiger partial charge in [-0.25, -0.2) is 0 Å². The number of alkyl halides is 3. The highest BCUT2D eigenvalue weighted by atomic mass is 19.4. The average Bonchev–Trinajstić information content (AvgIpc) is 2.86. The van der Waals surface area contributed by atoms with Gasteiger partial charge in [0.25, 0.3) is 5.91 Å². The van der Waals surface area contributed by atoms with Crippen molar-refractivity contribution in [2.75, 3.05) is 11.9 Å². The zero-order valence-electron chi connectivity index (χ0n) is 9.41. The van der Waals surface area contributed by atoms with Gasteiger partial charge in [0.2, 0.25) is 0 Å². The van der Waals surface area contributed by atoms with E-state index in [1.807, 2.05) is 0 Å². The van der Waals surface area contributed by atoms with Crippen LogP contribution in [-0.4, -0.2) is 34.6 Å². The molecule has 0 aromatic carbocycles. The van der Waals surface area contributed by atoms with Crippen LogP contribution >= 0.6 is 0 Å². The topological polar surface area (TPSA) is 56.2 Å². The Morgan fingerprint density at radius 1 is 1.61 bits per heavy atom. The van der Waals surface area contributed by atoms with Gasteiger partial charge in [0.1, 0.15) is 12.6 Å². The number of carbonyl (C=O) groups excluding carboxylic acids is 1. The first-order valence-electron chi connectivity index (χ1n) is 5.46. The van der Waals surface area contributed by atoms with Crippen LogP contribution in [0.1, 0.15) is 12.8 Å². The summed E-state index contributed by atoms with van der Waals surface area (Å²) in [5.74, 6) is -0.348. The number of ether oxygens (including phenoxy) is 1. The molecule has 1 unspecified atom stereocenters. The molecule has 0 radical (unpaired) electrons. The summed E-state index contributed by atoms with van der Waals surface area (Å²) in [5.41, 5.74) is 0.236. The van der Waals surface area contributed by atoms with Crippen LogP contribution in [0.25, 0.3) is 0 Å². The van der Waals surface area contributed by atoms with Gasteiger partial charge in [-0.15, -0.1) is 0 Å². The highest BCUT2D eigenvalue weighted by Crippen LogP contribution is 2.19. The molecule has 0 spiro atoms. The van der Waals surface area contributed by atoms with Gasteiger partial charge >= 0.3 is 6.18 Å². The number of carbonyl (C=O) groups is 1. The van der Waals surface area contributed by atoms with E-state index >= 15 is 0 Å². The van der Waals surface area contributed by atoms with E-state index in [1.54, 1.807) is 0 Å². The molecular formula is C10H12F3N3O2. The van der Waals surface area contributed by atoms with E-state index in [1.165, 1.54) is 6.20 Å². The van der Waals surface area contributed by atoms with Crippen molar-refractivity contribution in [2.24, 2.45) is 0 Å². The summed E-state index contributed by atoms with van der Waals surface area (Å²) < 4.78 is 42.2. The maximum absolute atomic E-state index is 12.1. The van der Waals surface area contributed by atoms with E-state index < -0.39 is 18.8 Å². The Morgan fingerprint density at radius 3 is 3.00 bits per heavy atom. The van der Waals surface area contributed by atoms with Crippen LogP contribution in [0, 0.1) is 0 Å². The standard InChI is InChI=1S/C10H12F3N3O2/c11-10(12,13)6-16-5-7(4-14-16)15-9(17)8-2-1-3-18-8/h4-5,8H,1-3,6H2,(H,15,17). The lowest BCUT2D eigenvalue weighted by atomic mass is 10.2. The lowest BCUT2D eigenvalue weighted by Crippen LogP contribution is -2.26. The first-order valence-corrected chi connectivity index (χ1v) is 5.46. The summed E-state index contributed by atoms with van der Waals surface area (Å²) in [6.45, 7) is -0.645. The molecule has 1 N–H and O–H groups in total. The average molecular weight is 263 g/mol. The largest absolute Gasteiger partial charge is 0.408 e. The minimum atomic E-state index is -4.33. The second kappa shape index (κ2) is 4.97. The first-order chi connectivity index (χ1) is 8.44. The van der Waals surface area contributed by atoms with E-state index in [9.17, 15) is 18.0 Å². The fraction of sp³-hybridized carbons (Fsp3) is 0.600. The van der Waals surface area contributed by atoms with Crippen molar-refractivity contribution in [3.63, 3.8) is 0 Å². The lowest BCUT2D eigenvalue weighted by Gasteiger charge is -2.08. The van der Waals surface area contributed by atoms with Crippen LogP contribution in [0.15, 0.2) is 12.4 Å². The van der Waals surface area contributed by atoms with Gasteiger partial charge in [-0.1, -0.05) is 0 Å². The monoisotopic (exact) mass is 263 g/mol. The third-order valence-corrected chi connectivity index (χ3v) is 2.46. The number of hydrogen-bond acceptors (Lipinski definition) is 3. The molecule has 2 rings (SSSR count). The van der Waals surface area contributed by atoms with Crippen molar-refractivity contribution in [2.45, 2.75) is 31.7 Å². The predicted molar refractivity (Wildman–Crippen MR) is 55.9 cm³/mol. The molecule has 8 heteroatoms.